The van der Waals surface area contributed by atoms with Crippen LogP contribution in [0.2, 0.25) is 0 Å². The summed E-state index contributed by atoms with van der Waals surface area (Å²) in [6, 6.07) is 4.03. The molecule has 1 aromatic carbocycles. The molecule has 0 unspecified atom stereocenters. The molecule has 29 heavy (non-hydrogen) atoms. The average Bonchev–Trinajstić information content (AvgIpc) is 2.95. The molecule has 1 N–H and O–H groups in total. The zero-order valence-electron chi connectivity index (χ0n) is 16.5. The van der Waals surface area contributed by atoms with Crippen LogP contribution in [0, 0.1) is 5.92 Å². The number of piperidine rings is 1. The maximum absolute atomic E-state index is 11.6. The first-order valence-corrected chi connectivity index (χ1v) is 11.1. The molecule has 8 nitrogen and oxygen atoms in total. The van der Waals surface area contributed by atoms with Crippen molar-refractivity contribution in [1.82, 2.24) is 0 Å². The molecule has 2 heterocycles. The zero-order valence-corrected chi connectivity index (χ0v) is 17.3. The summed E-state index contributed by atoms with van der Waals surface area (Å²) in [5, 5.41) is 0. The Morgan fingerprint density at radius 3 is 2.76 bits per heavy atom. The second kappa shape index (κ2) is 5.81. The van der Waals surface area contributed by atoms with Crippen molar-refractivity contribution >= 4 is 16.4 Å². The first-order valence-electron chi connectivity index (χ1n) is 9.71. The minimum absolute atomic E-state index is 0.124. The van der Waals surface area contributed by atoms with Gasteiger partial charge in [0, 0.05) is 31.2 Å². The van der Waals surface area contributed by atoms with Crippen LogP contribution < -0.4 is 9.47 Å². The zero-order chi connectivity index (χ0) is 20.8. The third-order valence-electron chi connectivity index (χ3n) is 7.16. The molecule has 0 aromatic heterocycles. The van der Waals surface area contributed by atoms with Crippen LogP contribution in [-0.4, -0.2) is 62.3 Å². The monoisotopic (exact) mass is 422 g/mol. The lowest BCUT2D eigenvalue weighted by Crippen LogP contribution is -2.70. The van der Waals surface area contributed by atoms with E-state index in [0.717, 1.165) is 35.0 Å². The van der Waals surface area contributed by atoms with Gasteiger partial charge in [-0.3, -0.25) is 9.35 Å². The molecule has 0 amide bonds. The minimum atomic E-state index is -4.66. The number of carbonyl (C=O) groups excluding carboxylic acids is 1. The maximum Gasteiger partial charge on any atom is 0.398 e. The number of rotatable bonds is 3. The van der Waals surface area contributed by atoms with Gasteiger partial charge in [-0.25, -0.2) is 4.18 Å². The molecule has 4 aliphatic rings. The fourth-order valence-electron chi connectivity index (χ4n) is 6.03. The fourth-order valence-corrected chi connectivity index (χ4v) is 6.48. The molecular formula is C20H24NO7S+. The number of ether oxygens (including phenoxy) is 2. The predicted molar refractivity (Wildman–Crippen MR) is 102 cm³/mol. The van der Waals surface area contributed by atoms with E-state index in [1.807, 2.05) is 12.1 Å². The van der Waals surface area contributed by atoms with Gasteiger partial charge in [-0.2, -0.15) is 8.42 Å². The average molecular weight is 422 g/mol. The van der Waals surface area contributed by atoms with Gasteiger partial charge in [0.25, 0.3) is 0 Å². The topological polar surface area (TPSA) is 99.1 Å². The van der Waals surface area contributed by atoms with E-state index in [0.29, 0.717) is 17.5 Å². The van der Waals surface area contributed by atoms with E-state index in [4.69, 9.17) is 13.7 Å². The van der Waals surface area contributed by atoms with Crippen molar-refractivity contribution in [2.45, 2.75) is 43.4 Å². The summed E-state index contributed by atoms with van der Waals surface area (Å²) in [6.45, 7) is 2.22. The molecular weight excluding hydrogens is 398 g/mol. The van der Waals surface area contributed by atoms with Crippen LogP contribution in [0.25, 0.3) is 0 Å². The Morgan fingerprint density at radius 2 is 2.07 bits per heavy atom. The lowest BCUT2D eigenvalue weighted by molar-refractivity contribution is -0.926. The Kier molecular flexibility index (Phi) is 3.82. The number of likely N-dealkylation sites (tertiary alicyclic amines) is 1. The number of quaternary nitrogens is 1. The number of carbonyl (C=O) groups is 1. The first-order chi connectivity index (χ1) is 13.5. The number of hydrogen-bond acceptors (Lipinski definition) is 6. The smallest absolute Gasteiger partial charge is 0.398 e. The number of esters is 1. The van der Waals surface area contributed by atoms with Gasteiger partial charge >= 0.3 is 16.4 Å². The summed E-state index contributed by atoms with van der Waals surface area (Å²) in [4.78, 5) is 11.6. The Balaban J connectivity index is 1.73. The van der Waals surface area contributed by atoms with Crippen molar-refractivity contribution < 1.29 is 35.9 Å². The largest absolute Gasteiger partial charge is 0.482 e. The lowest BCUT2D eigenvalue weighted by atomic mass is 9.53. The van der Waals surface area contributed by atoms with Crippen molar-refractivity contribution in [2.75, 3.05) is 20.6 Å². The summed E-state index contributed by atoms with van der Waals surface area (Å²) in [6.07, 6.45) is 3.74. The Hall–Kier alpha value is -1.94. The van der Waals surface area contributed by atoms with Gasteiger partial charge in [0.05, 0.1) is 26.1 Å². The van der Waals surface area contributed by atoms with E-state index < -0.39 is 34.0 Å². The van der Waals surface area contributed by atoms with Crippen LogP contribution >= 0.6 is 0 Å². The number of hydrogen-bond donors (Lipinski definition) is 1. The normalized spacial score (nSPS) is 35.6. The molecule has 2 aliphatic carbocycles. The summed E-state index contributed by atoms with van der Waals surface area (Å²) in [5.74, 6) is 0.500. The summed E-state index contributed by atoms with van der Waals surface area (Å²) in [5.41, 5.74) is 1.64. The Morgan fingerprint density at radius 1 is 1.31 bits per heavy atom. The van der Waals surface area contributed by atoms with E-state index in [-0.39, 0.29) is 5.92 Å². The van der Waals surface area contributed by atoms with Gasteiger partial charge < -0.3 is 14.0 Å². The highest BCUT2D eigenvalue weighted by Gasteiger charge is 2.68. The Bertz CT molecular complexity index is 1050. The molecule has 1 aromatic rings. The van der Waals surface area contributed by atoms with Gasteiger partial charge in [-0.05, 0) is 11.6 Å². The van der Waals surface area contributed by atoms with E-state index in [1.165, 1.54) is 6.92 Å². The summed E-state index contributed by atoms with van der Waals surface area (Å²) < 4.78 is 49.8. The van der Waals surface area contributed by atoms with Crippen molar-refractivity contribution in [3.05, 3.63) is 35.4 Å². The molecule has 2 bridgehead atoms. The molecule has 1 saturated heterocycles. The van der Waals surface area contributed by atoms with E-state index in [2.05, 4.69) is 14.1 Å². The fraction of sp³-hybridized carbons (Fsp3) is 0.550. The standard InChI is InChI=1S/C20H23NO7S/c1-11(22)26-15-6-4-12-10-14-13-5-7-16(28-29(23,24)25)19-20(13,8-9-21(14,2)3)17(12)18(15)27-19/h4-7,13-14,16,19H,8-10H2,1-3H3/p+1/t13-,14+,16-,19-,20-/m0/s1. The highest BCUT2D eigenvalue weighted by molar-refractivity contribution is 7.80. The number of nitrogens with zero attached hydrogens (tertiary/aromatic N) is 1. The molecule has 9 heteroatoms. The quantitative estimate of drug-likeness (QED) is 0.258. The minimum Gasteiger partial charge on any atom is -0.482 e. The SMILES string of the molecule is CC(=O)Oc1ccc2c3c1O[C@H]1[C@@H](OS(=O)(=O)O)C=C[C@H]4[C@@H](C2)[N+](C)(C)CC[C@@]341. The van der Waals surface area contributed by atoms with Crippen molar-refractivity contribution in [2.24, 2.45) is 5.92 Å². The van der Waals surface area contributed by atoms with Gasteiger partial charge in [-0.15, -0.1) is 0 Å². The molecule has 5 atom stereocenters. The van der Waals surface area contributed by atoms with Gasteiger partial charge in [0.1, 0.15) is 18.2 Å². The maximum atomic E-state index is 11.6. The van der Waals surface area contributed by atoms with Crippen molar-refractivity contribution in [3.8, 4) is 11.5 Å². The second-order valence-corrected chi connectivity index (χ2v) is 10.1. The van der Waals surface area contributed by atoms with Crippen LogP contribution in [0.1, 0.15) is 24.5 Å². The van der Waals surface area contributed by atoms with Crippen molar-refractivity contribution in [3.63, 3.8) is 0 Å². The van der Waals surface area contributed by atoms with Crippen molar-refractivity contribution in [1.29, 1.82) is 0 Å². The van der Waals surface area contributed by atoms with Crippen LogP contribution in [0.5, 0.6) is 11.5 Å². The molecule has 1 spiro atoms. The predicted octanol–water partition coefficient (Wildman–Crippen LogP) is 1.39. The van der Waals surface area contributed by atoms with E-state index in [1.54, 1.807) is 12.1 Å². The number of benzene rings is 1. The second-order valence-electron chi connectivity index (χ2n) is 9.02. The van der Waals surface area contributed by atoms with Crippen LogP contribution in [-0.2, 0) is 31.2 Å². The number of likely N-dealkylation sites (N-methyl/N-ethyl adjacent to an activating group) is 1. The third kappa shape index (κ3) is 2.61. The molecule has 2 aliphatic heterocycles. The first kappa shape index (κ1) is 19.0. The molecule has 0 radical (unpaired) electrons. The van der Waals surface area contributed by atoms with Gasteiger partial charge in [-0.1, -0.05) is 18.2 Å². The van der Waals surface area contributed by atoms with E-state index in [9.17, 15) is 17.8 Å². The molecule has 156 valence electrons. The van der Waals surface area contributed by atoms with E-state index >= 15 is 0 Å². The molecule has 1 fully saturated rings. The van der Waals surface area contributed by atoms with Gasteiger partial charge in [0.15, 0.2) is 11.5 Å². The molecule has 0 saturated carbocycles. The highest BCUT2D eigenvalue weighted by atomic mass is 32.3. The van der Waals surface area contributed by atoms with Crippen LogP contribution in [0.3, 0.4) is 0 Å². The highest BCUT2D eigenvalue weighted by Crippen LogP contribution is 2.63. The summed E-state index contributed by atoms with van der Waals surface area (Å²) >= 11 is 0. The lowest BCUT2D eigenvalue weighted by Gasteiger charge is -2.58. The molecule has 5 rings (SSSR count). The van der Waals surface area contributed by atoms with Gasteiger partial charge in [0.2, 0.25) is 0 Å². The summed E-state index contributed by atoms with van der Waals surface area (Å²) in [7, 11) is -0.226. The van der Waals surface area contributed by atoms with Crippen LogP contribution in [0.4, 0.5) is 0 Å². The third-order valence-corrected chi connectivity index (χ3v) is 7.62. The van der Waals surface area contributed by atoms with Crippen LogP contribution in [0.15, 0.2) is 24.3 Å². The Labute approximate surface area is 169 Å².